The molecule has 0 bridgehead atoms. The average Bonchev–Trinajstić information content (AvgIpc) is 3.14. The molecule has 1 aliphatic heterocycles. The second kappa shape index (κ2) is 8.10. The van der Waals surface area contributed by atoms with E-state index in [9.17, 15) is 4.39 Å². The van der Waals surface area contributed by atoms with Crippen LogP contribution in [0.3, 0.4) is 0 Å². The second-order valence-electron chi connectivity index (χ2n) is 6.02. The lowest BCUT2D eigenvalue weighted by atomic mass is 10.0. The van der Waals surface area contributed by atoms with Crippen molar-refractivity contribution in [2.75, 3.05) is 26.1 Å². The Morgan fingerprint density at radius 1 is 1.19 bits per heavy atom. The fourth-order valence-electron chi connectivity index (χ4n) is 3.19. The van der Waals surface area contributed by atoms with Crippen LogP contribution in [-0.4, -0.2) is 30.8 Å². The number of thiocarbonyl (C=S) groups is 1. The minimum Gasteiger partial charge on any atom is -0.493 e. The Bertz CT molecular complexity index is 818. The van der Waals surface area contributed by atoms with Crippen LogP contribution < -0.4 is 14.8 Å². The molecule has 0 amide bonds. The highest BCUT2D eigenvalue weighted by Gasteiger charge is 2.28. The van der Waals surface area contributed by atoms with Crippen molar-refractivity contribution in [3.63, 3.8) is 0 Å². The number of rotatable bonds is 4. The number of methoxy groups -OCH3 is 2. The summed E-state index contributed by atoms with van der Waals surface area (Å²) in [4.78, 5) is 2.13. The van der Waals surface area contributed by atoms with Crippen molar-refractivity contribution >= 4 is 34.6 Å². The number of hydrogen-bond donors (Lipinski definition) is 1. The maximum atomic E-state index is 13.3. The Labute approximate surface area is 162 Å². The van der Waals surface area contributed by atoms with E-state index in [1.165, 1.54) is 12.1 Å². The molecule has 1 aliphatic rings. The Kier molecular flexibility index (Phi) is 5.84. The summed E-state index contributed by atoms with van der Waals surface area (Å²) >= 11 is 11.4. The van der Waals surface area contributed by atoms with Crippen LogP contribution in [0.15, 0.2) is 36.4 Å². The van der Waals surface area contributed by atoms with Crippen molar-refractivity contribution in [3.8, 4) is 11.5 Å². The van der Waals surface area contributed by atoms with Crippen molar-refractivity contribution < 1.29 is 13.9 Å². The molecule has 0 saturated carbocycles. The quantitative estimate of drug-likeness (QED) is 0.735. The van der Waals surface area contributed by atoms with Gasteiger partial charge < -0.3 is 19.7 Å². The summed E-state index contributed by atoms with van der Waals surface area (Å²) in [5.74, 6) is 0.941. The SMILES string of the molecule is COc1ccc(C2CCCN2C(=S)Nc2ccc(F)c(Cl)c2)cc1OC. The topological polar surface area (TPSA) is 33.7 Å². The van der Waals surface area contributed by atoms with Crippen LogP contribution in [0.1, 0.15) is 24.4 Å². The Balaban J connectivity index is 1.79. The lowest BCUT2D eigenvalue weighted by molar-refractivity contribution is 0.351. The van der Waals surface area contributed by atoms with Gasteiger partial charge in [0.1, 0.15) is 5.82 Å². The number of ether oxygens (including phenoxy) is 2. The van der Waals surface area contributed by atoms with E-state index in [-0.39, 0.29) is 11.1 Å². The molecule has 4 nitrogen and oxygen atoms in total. The largest absolute Gasteiger partial charge is 0.493 e. The highest BCUT2D eigenvalue weighted by Crippen LogP contribution is 2.37. The lowest BCUT2D eigenvalue weighted by Crippen LogP contribution is -2.34. The molecule has 2 aromatic rings. The number of nitrogens with one attached hydrogen (secondary N) is 1. The third-order valence-electron chi connectivity index (χ3n) is 4.48. The zero-order valence-electron chi connectivity index (χ0n) is 14.6. The maximum Gasteiger partial charge on any atom is 0.173 e. The minimum absolute atomic E-state index is 0.0654. The molecule has 26 heavy (non-hydrogen) atoms. The Morgan fingerprint density at radius 3 is 2.65 bits per heavy atom. The van der Waals surface area contributed by atoms with Gasteiger partial charge in [-0.2, -0.15) is 0 Å². The minimum atomic E-state index is -0.451. The van der Waals surface area contributed by atoms with E-state index in [4.69, 9.17) is 33.3 Å². The molecule has 2 aromatic carbocycles. The first kappa shape index (κ1) is 18.7. The molecule has 0 radical (unpaired) electrons. The molecule has 1 fully saturated rings. The van der Waals surface area contributed by atoms with Gasteiger partial charge in [0.05, 0.1) is 25.3 Å². The standard InChI is InChI=1S/C19H20ClFN2O2S/c1-24-17-8-5-12(10-18(17)25-2)16-4-3-9-23(16)19(26)22-13-6-7-15(21)14(20)11-13/h5-8,10-11,16H,3-4,9H2,1-2H3,(H,22,26). The van der Waals surface area contributed by atoms with Gasteiger partial charge in [-0.25, -0.2) is 4.39 Å². The van der Waals surface area contributed by atoms with E-state index < -0.39 is 5.82 Å². The lowest BCUT2D eigenvalue weighted by Gasteiger charge is -2.28. The number of nitrogens with zero attached hydrogens (tertiary/aromatic N) is 1. The van der Waals surface area contributed by atoms with Gasteiger partial charge in [-0.3, -0.25) is 0 Å². The van der Waals surface area contributed by atoms with Gasteiger partial charge in [-0.05, 0) is 61.0 Å². The fourth-order valence-corrected chi connectivity index (χ4v) is 3.70. The van der Waals surface area contributed by atoms with E-state index in [2.05, 4.69) is 10.2 Å². The first-order valence-electron chi connectivity index (χ1n) is 8.28. The van der Waals surface area contributed by atoms with Crippen LogP contribution in [0.4, 0.5) is 10.1 Å². The number of benzene rings is 2. The monoisotopic (exact) mass is 394 g/mol. The van der Waals surface area contributed by atoms with Crippen molar-refractivity contribution in [3.05, 3.63) is 52.8 Å². The summed E-state index contributed by atoms with van der Waals surface area (Å²) in [7, 11) is 3.24. The smallest absolute Gasteiger partial charge is 0.173 e. The van der Waals surface area contributed by atoms with Crippen LogP contribution in [0.5, 0.6) is 11.5 Å². The molecule has 1 heterocycles. The normalized spacial score (nSPS) is 16.5. The van der Waals surface area contributed by atoms with Crippen molar-refractivity contribution in [1.29, 1.82) is 0 Å². The van der Waals surface area contributed by atoms with E-state index >= 15 is 0 Å². The summed E-state index contributed by atoms with van der Waals surface area (Å²) in [6, 6.07) is 10.5. The summed E-state index contributed by atoms with van der Waals surface area (Å²) in [6.45, 7) is 0.847. The maximum absolute atomic E-state index is 13.3. The van der Waals surface area contributed by atoms with E-state index in [0.29, 0.717) is 22.3 Å². The van der Waals surface area contributed by atoms with Crippen LogP contribution in [0.2, 0.25) is 5.02 Å². The zero-order valence-corrected chi connectivity index (χ0v) is 16.2. The van der Waals surface area contributed by atoms with E-state index in [1.807, 2.05) is 18.2 Å². The molecular weight excluding hydrogens is 375 g/mol. The highest BCUT2D eigenvalue weighted by atomic mass is 35.5. The molecule has 1 N–H and O–H groups in total. The highest BCUT2D eigenvalue weighted by molar-refractivity contribution is 7.80. The second-order valence-corrected chi connectivity index (χ2v) is 6.82. The van der Waals surface area contributed by atoms with E-state index in [0.717, 1.165) is 24.9 Å². The van der Waals surface area contributed by atoms with Gasteiger partial charge in [0.15, 0.2) is 16.6 Å². The van der Waals surface area contributed by atoms with Crippen LogP contribution >= 0.6 is 23.8 Å². The fraction of sp³-hybridized carbons (Fsp3) is 0.316. The van der Waals surface area contributed by atoms with E-state index in [1.54, 1.807) is 20.3 Å². The molecule has 1 unspecified atom stereocenters. The average molecular weight is 395 g/mol. The van der Waals surface area contributed by atoms with Crippen LogP contribution in [-0.2, 0) is 0 Å². The third kappa shape index (κ3) is 3.86. The van der Waals surface area contributed by atoms with Gasteiger partial charge in [-0.1, -0.05) is 17.7 Å². The molecule has 1 atom stereocenters. The summed E-state index contributed by atoms with van der Waals surface area (Å²) < 4.78 is 24.0. The predicted molar refractivity (Wildman–Crippen MR) is 106 cm³/mol. The van der Waals surface area contributed by atoms with Gasteiger partial charge >= 0.3 is 0 Å². The zero-order chi connectivity index (χ0) is 18.7. The molecule has 0 aliphatic carbocycles. The first-order valence-corrected chi connectivity index (χ1v) is 9.06. The summed E-state index contributed by atoms with van der Waals surface area (Å²) in [6.07, 6.45) is 2.02. The number of likely N-dealkylation sites (tertiary alicyclic amines) is 1. The van der Waals surface area contributed by atoms with Crippen molar-refractivity contribution in [2.45, 2.75) is 18.9 Å². The summed E-state index contributed by atoms with van der Waals surface area (Å²) in [5.41, 5.74) is 1.78. The van der Waals surface area contributed by atoms with Crippen molar-refractivity contribution in [1.82, 2.24) is 4.90 Å². The molecule has 0 aromatic heterocycles. The molecular formula is C19H20ClFN2O2S. The number of anilines is 1. The van der Waals surface area contributed by atoms with Gasteiger partial charge in [0.25, 0.3) is 0 Å². The molecule has 138 valence electrons. The molecule has 0 spiro atoms. The van der Waals surface area contributed by atoms with Crippen LogP contribution in [0.25, 0.3) is 0 Å². The van der Waals surface area contributed by atoms with Gasteiger partial charge in [0, 0.05) is 12.2 Å². The van der Waals surface area contributed by atoms with Crippen molar-refractivity contribution in [2.24, 2.45) is 0 Å². The number of hydrogen-bond acceptors (Lipinski definition) is 3. The predicted octanol–water partition coefficient (Wildman–Crippen LogP) is 5.03. The first-order chi connectivity index (χ1) is 12.5. The Morgan fingerprint density at radius 2 is 1.96 bits per heavy atom. The number of halogens is 2. The van der Waals surface area contributed by atoms with Gasteiger partial charge in [0.2, 0.25) is 0 Å². The third-order valence-corrected chi connectivity index (χ3v) is 5.10. The van der Waals surface area contributed by atoms with Gasteiger partial charge in [-0.15, -0.1) is 0 Å². The Hall–Kier alpha value is -2.05. The molecule has 1 saturated heterocycles. The molecule has 7 heteroatoms. The molecule has 3 rings (SSSR count). The van der Waals surface area contributed by atoms with Crippen LogP contribution in [0, 0.1) is 5.82 Å². The summed E-state index contributed by atoms with van der Waals surface area (Å²) in [5, 5.41) is 3.81.